The molecule has 0 amide bonds. The van der Waals surface area contributed by atoms with E-state index in [-0.39, 0.29) is 0 Å². The van der Waals surface area contributed by atoms with E-state index in [1.807, 2.05) is 0 Å². The molecule has 14 heavy (non-hydrogen) atoms. The smallest absolute Gasteiger partial charge is 0.0847 e. The quantitative estimate of drug-likeness (QED) is 0.790. The number of halogens is 1. The Bertz CT molecular complexity index is 281. The van der Waals surface area contributed by atoms with Gasteiger partial charge in [-0.3, -0.25) is 4.90 Å². The van der Waals surface area contributed by atoms with Gasteiger partial charge in [-0.25, -0.2) is 0 Å². The van der Waals surface area contributed by atoms with E-state index < -0.39 is 0 Å². The standard InChI is InChI=1S/C11H17BrN2/c1-13-8-10(7-11(13)12)9-14-5-3-2-4-6-14/h7-8H,2-6,9H2,1H3. The van der Waals surface area contributed by atoms with E-state index in [9.17, 15) is 0 Å². The average molecular weight is 257 g/mol. The second-order valence-corrected chi connectivity index (χ2v) is 4.93. The summed E-state index contributed by atoms with van der Waals surface area (Å²) in [6.45, 7) is 3.65. The maximum atomic E-state index is 3.53. The molecular weight excluding hydrogens is 240 g/mol. The minimum Gasteiger partial charge on any atom is -0.345 e. The molecule has 0 aliphatic carbocycles. The monoisotopic (exact) mass is 256 g/mol. The summed E-state index contributed by atoms with van der Waals surface area (Å²) in [5.74, 6) is 0. The highest BCUT2D eigenvalue weighted by Crippen LogP contribution is 2.17. The molecule has 0 unspecified atom stereocenters. The minimum absolute atomic E-state index is 1.11. The summed E-state index contributed by atoms with van der Waals surface area (Å²) in [7, 11) is 2.07. The van der Waals surface area contributed by atoms with Gasteiger partial charge in [-0.15, -0.1) is 0 Å². The topological polar surface area (TPSA) is 8.17 Å². The molecule has 1 fully saturated rings. The van der Waals surface area contributed by atoms with Crippen molar-refractivity contribution in [2.75, 3.05) is 13.1 Å². The lowest BCUT2D eigenvalue weighted by Crippen LogP contribution is -2.28. The molecule has 1 aromatic rings. The molecule has 1 aliphatic heterocycles. The molecule has 3 heteroatoms. The fraction of sp³-hybridized carbons (Fsp3) is 0.636. The van der Waals surface area contributed by atoms with E-state index in [0.29, 0.717) is 0 Å². The Balaban J connectivity index is 1.95. The van der Waals surface area contributed by atoms with Crippen LogP contribution < -0.4 is 0 Å². The summed E-state index contributed by atoms with van der Waals surface area (Å²) in [5, 5.41) is 0. The SMILES string of the molecule is Cn1cc(CN2CCCCC2)cc1Br. The van der Waals surface area contributed by atoms with Crippen molar-refractivity contribution in [1.29, 1.82) is 0 Å². The van der Waals surface area contributed by atoms with E-state index in [0.717, 1.165) is 6.54 Å². The van der Waals surface area contributed by atoms with Crippen LogP contribution in [0.15, 0.2) is 16.9 Å². The van der Waals surface area contributed by atoms with Crippen LogP contribution in [0.25, 0.3) is 0 Å². The largest absolute Gasteiger partial charge is 0.345 e. The molecular formula is C11H17BrN2. The molecule has 0 bridgehead atoms. The van der Waals surface area contributed by atoms with Gasteiger partial charge in [0.25, 0.3) is 0 Å². The van der Waals surface area contributed by atoms with Crippen LogP contribution in [-0.2, 0) is 13.6 Å². The molecule has 78 valence electrons. The average Bonchev–Trinajstić information content (AvgIpc) is 2.47. The van der Waals surface area contributed by atoms with E-state index in [4.69, 9.17) is 0 Å². The minimum atomic E-state index is 1.11. The highest BCUT2D eigenvalue weighted by molar-refractivity contribution is 9.10. The van der Waals surface area contributed by atoms with Crippen molar-refractivity contribution in [3.8, 4) is 0 Å². The lowest BCUT2D eigenvalue weighted by Gasteiger charge is -2.25. The molecule has 2 nitrogen and oxygen atoms in total. The summed E-state index contributed by atoms with van der Waals surface area (Å²) in [5.41, 5.74) is 1.42. The molecule has 2 heterocycles. The van der Waals surface area contributed by atoms with Crippen molar-refractivity contribution in [3.63, 3.8) is 0 Å². The van der Waals surface area contributed by atoms with Gasteiger partial charge in [0, 0.05) is 19.8 Å². The summed E-state index contributed by atoms with van der Waals surface area (Å²) in [6, 6.07) is 2.22. The van der Waals surface area contributed by atoms with Gasteiger partial charge in [0.05, 0.1) is 4.60 Å². The second-order valence-electron chi connectivity index (χ2n) is 4.12. The van der Waals surface area contributed by atoms with Crippen molar-refractivity contribution in [2.45, 2.75) is 25.8 Å². The van der Waals surface area contributed by atoms with Crippen molar-refractivity contribution in [1.82, 2.24) is 9.47 Å². The van der Waals surface area contributed by atoms with Crippen LogP contribution in [0.2, 0.25) is 0 Å². The van der Waals surface area contributed by atoms with Crippen molar-refractivity contribution in [2.24, 2.45) is 7.05 Å². The zero-order valence-corrected chi connectivity index (χ0v) is 10.3. The summed E-state index contributed by atoms with van der Waals surface area (Å²) in [4.78, 5) is 2.55. The van der Waals surface area contributed by atoms with E-state index in [2.05, 4.69) is 44.7 Å². The number of nitrogens with zero attached hydrogens (tertiary/aromatic N) is 2. The highest BCUT2D eigenvalue weighted by Gasteiger charge is 2.11. The van der Waals surface area contributed by atoms with Crippen LogP contribution in [0.3, 0.4) is 0 Å². The molecule has 0 aromatic carbocycles. The molecule has 1 aromatic heterocycles. The molecule has 2 rings (SSSR count). The zero-order chi connectivity index (χ0) is 9.97. The third-order valence-electron chi connectivity index (χ3n) is 2.86. The van der Waals surface area contributed by atoms with Gasteiger partial charge in [-0.2, -0.15) is 0 Å². The van der Waals surface area contributed by atoms with Crippen LogP contribution >= 0.6 is 15.9 Å². The predicted octanol–water partition coefficient (Wildman–Crippen LogP) is 2.77. The van der Waals surface area contributed by atoms with Gasteiger partial charge >= 0.3 is 0 Å². The van der Waals surface area contributed by atoms with E-state index in [1.54, 1.807) is 0 Å². The first-order valence-electron chi connectivity index (χ1n) is 5.29. The Hall–Kier alpha value is -0.280. The first kappa shape index (κ1) is 10.2. The van der Waals surface area contributed by atoms with E-state index >= 15 is 0 Å². The summed E-state index contributed by atoms with van der Waals surface area (Å²) in [6.07, 6.45) is 6.36. The number of likely N-dealkylation sites (tertiary alicyclic amines) is 1. The third-order valence-corrected chi connectivity index (χ3v) is 3.64. The molecule has 1 saturated heterocycles. The lowest BCUT2D eigenvalue weighted by atomic mass is 10.1. The Kier molecular flexibility index (Phi) is 3.29. The number of aromatic nitrogens is 1. The third kappa shape index (κ3) is 2.39. The van der Waals surface area contributed by atoms with Crippen LogP contribution in [0.1, 0.15) is 24.8 Å². The normalized spacial score (nSPS) is 18.7. The predicted molar refractivity (Wildman–Crippen MR) is 62.2 cm³/mol. The fourth-order valence-electron chi connectivity index (χ4n) is 2.06. The maximum absolute atomic E-state index is 3.53. The Morgan fingerprint density at radius 1 is 1.29 bits per heavy atom. The molecule has 0 radical (unpaired) electrons. The van der Waals surface area contributed by atoms with Crippen molar-refractivity contribution >= 4 is 15.9 Å². The molecule has 0 atom stereocenters. The molecule has 0 N–H and O–H groups in total. The second kappa shape index (κ2) is 4.49. The Morgan fingerprint density at radius 3 is 2.57 bits per heavy atom. The molecule has 1 aliphatic rings. The van der Waals surface area contributed by atoms with Gasteiger partial charge in [-0.05, 0) is 53.5 Å². The zero-order valence-electron chi connectivity index (χ0n) is 8.67. The van der Waals surface area contributed by atoms with E-state index in [1.165, 1.54) is 42.5 Å². The van der Waals surface area contributed by atoms with Gasteiger partial charge in [0.1, 0.15) is 0 Å². The summed E-state index contributed by atoms with van der Waals surface area (Å²) >= 11 is 3.53. The lowest BCUT2D eigenvalue weighted by molar-refractivity contribution is 0.221. The van der Waals surface area contributed by atoms with Crippen LogP contribution in [0.5, 0.6) is 0 Å². The van der Waals surface area contributed by atoms with Crippen LogP contribution in [0.4, 0.5) is 0 Å². The van der Waals surface area contributed by atoms with Crippen molar-refractivity contribution in [3.05, 3.63) is 22.4 Å². The Morgan fingerprint density at radius 2 is 2.00 bits per heavy atom. The Labute approximate surface area is 94.0 Å². The van der Waals surface area contributed by atoms with Gasteiger partial charge in [0.15, 0.2) is 0 Å². The molecule has 0 saturated carbocycles. The molecule has 0 spiro atoms. The van der Waals surface area contributed by atoms with Crippen LogP contribution in [0, 0.1) is 0 Å². The van der Waals surface area contributed by atoms with Crippen LogP contribution in [-0.4, -0.2) is 22.6 Å². The van der Waals surface area contributed by atoms with Crippen molar-refractivity contribution < 1.29 is 0 Å². The van der Waals surface area contributed by atoms with Gasteiger partial charge in [-0.1, -0.05) is 6.42 Å². The van der Waals surface area contributed by atoms with Gasteiger partial charge < -0.3 is 4.57 Å². The highest BCUT2D eigenvalue weighted by atomic mass is 79.9. The number of hydrogen-bond acceptors (Lipinski definition) is 1. The number of rotatable bonds is 2. The first-order chi connectivity index (χ1) is 6.75. The first-order valence-corrected chi connectivity index (χ1v) is 6.08. The summed E-state index contributed by atoms with van der Waals surface area (Å²) < 4.78 is 3.30. The number of aryl methyl sites for hydroxylation is 1. The number of hydrogen-bond donors (Lipinski definition) is 0. The van der Waals surface area contributed by atoms with Gasteiger partial charge in [0.2, 0.25) is 0 Å². The maximum Gasteiger partial charge on any atom is 0.0847 e. The number of piperidine rings is 1. The fourth-order valence-corrected chi connectivity index (χ4v) is 2.46.